The van der Waals surface area contributed by atoms with E-state index in [0.29, 0.717) is 47.2 Å². The third kappa shape index (κ3) is 3.34. The Kier molecular flexibility index (Phi) is 5.00. The Labute approximate surface area is 195 Å². The van der Waals surface area contributed by atoms with Crippen molar-refractivity contribution >= 4 is 10.9 Å². The van der Waals surface area contributed by atoms with Crippen LogP contribution in [-0.2, 0) is 25.9 Å². The van der Waals surface area contributed by atoms with Crippen molar-refractivity contribution in [2.45, 2.75) is 32.9 Å². The normalized spacial score (nSPS) is 16.0. The van der Waals surface area contributed by atoms with Gasteiger partial charge >= 0.3 is 0 Å². The molecule has 3 aromatic carbocycles. The number of halogens is 3. The molecule has 0 amide bonds. The lowest BCUT2D eigenvalue weighted by molar-refractivity contribution is 0.312. The number of aromatic nitrogens is 2. The van der Waals surface area contributed by atoms with E-state index in [2.05, 4.69) is 46.5 Å². The first-order valence-electron chi connectivity index (χ1n) is 11.6. The highest BCUT2D eigenvalue weighted by Crippen LogP contribution is 2.38. The molecule has 34 heavy (non-hydrogen) atoms. The van der Waals surface area contributed by atoms with Crippen LogP contribution in [0.5, 0.6) is 0 Å². The molecule has 0 saturated carbocycles. The van der Waals surface area contributed by atoms with Crippen molar-refractivity contribution in [1.82, 2.24) is 20.4 Å². The molecular weight excluding hydrogens is 437 g/mol. The summed E-state index contributed by atoms with van der Waals surface area (Å²) in [6.07, 6.45) is 1.55. The molecule has 4 aromatic rings. The molecule has 0 aliphatic carbocycles. The number of aromatic amines is 1. The molecule has 0 atom stereocenters. The van der Waals surface area contributed by atoms with Crippen LogP contribution in [0, 0.1) is 24.4 Å². The molecule has 0 saturated heterocycles. The van der Waals surface area contributed by atoms with Gasteiger partial charge in [0.2, 0.25) is 0 Å². The molecule has 2 aliphatic heterocycles. The summed E-state index contributed by atoms with van der Waals surface area (Å²) in [6.45, 7) is 4.94. The van der Waals surface area contributed by atoms with Crippen LogP contribution < -0.4 is 5.32 Å². The van der Waals surface area contributed by atoms with Crippen molar-refractivity contribution in [1.29, 1.82) is 0 Å². The second-order valence-electron chi connectivity index (χ2n) is 9.48. The summed E-state index contributed by atoms with van der Waals surface area (Å²) in [6, 6.07) is 8.36. The Morgan fingerprint density at radius 1 is 0.941 bits per heavy atom. The van der Waals surface area contributed by atoms with Crippen LogP contribution in [0.4, 0.5) is 13.2 Å². The Bertz CT molecular complexity index is 1460. The van der Waals surface area contributed by atoms with Gasteiger partial charge in [-0.25, -0.2) is 13.2 Å². The van der Waals surface area contributed by atoms with Crippen LogP contribution in [0.1, 0.15) is 27.8 Å². The molecule has 2 aliphatic rings. The lowest BCUT2D eigenvalue weighted by Gasteiger charge is -2.26. The van der Waals surface area contributed by atoms with Crippen LogP contribution >= 0.6 is 0 Å². The van der Waals surface area contributed by atoms with Gasteiger partial charge in [-0.05, 0) is 79.9 Å². The maximum Gasteiger partial charge on any atom is 0.138 e. The summed E-state index contributed by atoms with van der Waals surface area (Å²) in [5.41, 5.74) is 6.48. The van der Waals surface area contributed by atoms with Gasteiger partial charge in [0, 0.05) is 47.8 Å². The van der Waals surface area contributed by atoms with Crippen molar-refractivity contribution in [2.75, 3.05) is 20.1 Å². The van der Waals surface area contributed by atoms with E-state index in [-0.39, 0.29) is 11.1 Å². The fourth-order valence-corrected chi connectivity index (χ4v) is 5.45. The van der Waals surface area contributed by atoms with Gasteiger partial charge in [0.1, 0.15) is 17.5 Å². The lowest BCUT2D eigenvalue weighted by atomic mass is 9.90. The number of benzene rings is 3. The topological polar surface area (TPSA) is 44.0 Å². The van der Waals surface area contributed by atoms with Gasteiger partial charge < -0.3 is 10.2 Å². The van der Waals surface area contributed by atoms with E-state index in [1.807, 2.05) is 0 Å². The van der Waals surface area contributed by atoms with E-state index < -0.39 is 17.5 Å². The molecule has 1 aromatic heterocycles. The SMILES string of the molecule is Cc1cc(-c2n[nH]c3cc(F)c(-c4c(F)cc5c(c4F)CNCC5)cc23)cc2c1CCN(C)C2. The average molecular weight is 463 g/mol. The van der Waals surface area contributed by atoms with Gasteiger partial charge in [0.05, 0.1) is 16.8 Å². The van der Waals surface area contributed by atoms with Gasteiger partial charge in [0.25, 0.3) is 0 Å². The Morgan fingerprint density at radius 3 is 2.65 bits per heavy atom. The number of likely N-dealkylation sites (N-methyl/N-ethyl adjacent to an activating group) is 1. The molecule has 174 valence electrons. The van der Waals surface area contributed by atoms with Gasteiger partial charge in [-0.15, -0.1) is 0 Å². The maximum atomic E-state index is 15.4. The van der Waals surface area contributed by atoms with Crippen molar-refractivity contribution < 1.29 is 13.2 Å². The van der Waals surface area contributed by atoms with E-state index in [0.717, 1.165) is 25.1 Å². The molecule has 0 fully saturated rings. The van der Waals surface area contributed by atoms with E-state index in [9.17, 15) is 0 Å². The number of nitrogens with zero attached hydrogens (tertiary/aromatic N) is 2. The van der Waals surface area contributed by atoms with Crippen molar-refractivity contribution in [2.24, 2.45) is 0 Å². The molecular formula is C27H25F3N4. The first-order valence-corrected chi connectivity index (χ1v) is 11.6. The van der Waals surface area contributed by atoms with Crippen molar-refractivity contribution in [3.05, 3.63) is 75.6 Å². The standard InChI is InChI=1S/C27H25F3N4/c1-14-7-16(8-17-13-34(2)6-4-18(14)17)27-20-10-19(22(28)11-24(20)32-33-27)25-23(29)9-15-3-5-31-12-21(15)26(25)30/h7-11,31H,3-6,12-13H2,1-2H3,(H,32,33). The van der Waals surface area contributed by atoms with E-state index in [1.165, 1.54) is 34.9 Å². The van der Waals surface area contributed by atoms with E-state index in [1.54, 1.807) is 0 Å². The van der Waals surface area contributed by atoms with Crippen LogP contribution in [0.25, 0.3) is 33.3 Å². The summed E-state index contributed by atoms with van der Waals surface area (Å²) in [7, 11) is 2.10. The first-order chi connectivity index (χ1) is 16.4. The monoisotopic (exact) mass is 462 g/mol. The Hall–Kier alpha value is -3.16. The fraction of sp³-hybridized carbons (Fsp3) is 0.296. The number of fused-ring (bicyclic) bond motifs is 3. The van der Waals surface area contributed by atoms with E-state index in [4.69, 9.17) is 0 Å². The first kappa shape index (κ1) is 21.4. The van der Waals surface area contributed by atoms with Crippen molar-refractivity contribution in [3.63, 3.8) is 0 Å². The zero-order valence-electron chi connectivity index (χ0n) is 19.2. The molecule has 4 nitrogen and oxygen atoms in total. The Balaban J connectivity index is 1.53. The largest absolute Gasteiger partial charge is 0.312 e. The predicted molar refractivity (Wildman–Crippen MR) is 127 cm³/mol. The molecule has 0 unspecified atom stereocenters. The average Bonchev–Trinajstić information content (AvgIpc) is 3.21. The number of hydrogen-bond donors (Lipinski definition) is 2. The van der Waals surface area contributed by atoms with Gasteiger partial charge in [-0.2, -0.15) is 5.10 Å². The molecule has 6 rings (SSSR count). The van der Waals surface area contributed by atoms with Gasteiger partial charge in [-0.3, -0.25) is 5.10 Å². The fourth-order valence-electron chi connectivity index (χ4n) is 5.45. The second-order valence-corrected chi connectivity index (χ2v) is 9.48. The molecule has 0 spiro atoms. The number of rotatable bonds is 2. The molecule has 0 bridgehead atoms. The summed E-state index contributed by atoms with van der Waals surface area (Å²) in [4.78, 5) is 2.28. The second kappa shape index (κ2) is 7.96. The van der Waals surface area contributed by atoms with Crippen LogP contribution in [0.2, 0.25) is 0 Å². The predicted octanol–water partition coefficient (Wildman–Crippen LogP) is 5.26. The third-order valence-corrected chi connectivity index (χ3v) is 7.23. The quantitative estimate of drug-likeness (QED) is 0.427. The minimum Gasteiger partial charge on any atom is -0.312 e. The van der Waals surface area contributed by atoms with Crippen LogP contribution in [0.15, 0.2) is 30.3 Å². The molecule has 0 radical (unpaired) electrons. The highest BCUT2D eigenvalue weighted by atomic mass is 19.1. The zero-order valence-corrected chi connectivity index (χ0v) is 19.2. The van der Waals surface area contributed by atoms with Crippen LogP contribution in [0.3, 0.4) is 0 Å². The molecule has 2 N–H and O–H groups in total. The minimum atomic E-state index is -0.742. The smallest absolute Gasteiger partial charge is 0.138 e. The number of hydrogen-bond acceptors (Lipinski definition) is 3. The lowest BCUT2D eigenvalue weighted by Crippen LogP contribution is -2.27. The number of aryl methyl sites for hydroxylation is 1. The van der Waals surface area contributed by atoms with Gasteiger partial charge in [0.15, 0.2) is 0 Å². The number of nitrogens with one attached hydrogen (secondary N) is 2. The van der Waals surface area contributed by atoms with Crippen molar-refractivity contribution in [3.8, 4) is 22.4 Å². The summed E-state index contributed by atoms with van der Waals surface area (Å²) >= 11 is 0. The van der Waals surface area contributed by atoms with E-state index >= 15 is 13.2 Å². The van der Waals surface area contributed by atoms with Gasteiger partial charge in [-0.1, -0.05) is 0 Å². The summed E-state index contributed by atoms with van der Waals surface area (Å²) in [5.74, 6) is -2.13. The highest BCUT2D eigenvalue weighted by Gasteiger charge is 2.25. The van der Waals surface area contributed by atoms with Crippen LogP contribution in [-0.4, -0.2) is 35.2 Å². The summed E-state index contributed by atoms with van der Waals surface area (Å²) < 4.78 is 45.6. The molecule has 3 heterocycles. The summed E-state index contributed by atoms with van der Waals surface area (Å²) in [5, 5.41) is 11.1. The maximum absolute atomic E-state index is 15.4. The zero-order chi connectivity index (χ0) is 23.6. The minimum absolute atomic E-state index is 0.0899. The third-order valence-electron chi connectivity index (χ3n) is 7.23. The molecule has 7 heteroatoms. The highest BCUT2D eigenvalue weighted by molar-refractivity contribution is 5.96. The Morgan fingerprint density at radius 2 is 1.79 bits per heavy atom. The number of H-pyrrole nitrogens is 1.